The fraction of sp³-hybridized carbons (Fsp3) is 0.381. The highest BCUT2D eigenvalue weighted by atomic mass is 35.5. The maximum absolute atomic E-state index is 12.6. The van der Waals surface area contributed by atoms with E-state index in [4.69, 9.17) is 21.1 Å². The van der Waals surface area contributed by atoms with Gasteiger partial charge in [0, 0.05) is 31.3 Å². The SMILES string of the molecule is Cc1ccc(N2CC(NC(=O)c3cnc(OC4CCOC4)c(Cl)c3)CC2=O)cc1. The number of hydrogen-bond donors (Lipinski definition) is 1. The minimum atomic E-state index is -0.321. The number of ether oxygens (including phenoxy) is 2. The van der Waals surface area contributed by atoms with Crippen LogP contribution in [0.5, 0.6) is 5.88 Å². The molecule has 2 fully saturated rings. The number of rotatable bonds is 5. The van der Waals surface area contributed by atoms with E-state index in [-0.39, 0.29) is 35.4 Å². The first-order valence-electron chi connectivity index (χ1n) is 9.57. The molecule has 0 spiro atoms. The lowest BCUT2D eigenvalue weighted by atomic mass is 10.2. The Morgan fingerprint density at radius 1 is 1.34 bits per heavy atom. The highest BCUT2D eigenvalue weighted by molar-refractivity contribution is 6.32. The normalized spacial score (nSPS) is 21.4. The number of pyridine rings is 1. The molecule has 7 nitrogen and oxygen atoms in total. The molecular weight excluding hydrogens is 394 g/mol. The van der Waals surface area contributed by atoms with Crippen LogP contribution >= 0.6 is 11.6 Å². The van der Waals surface area contributed by atoms with Crippen molar-refractivity contribution in [3.63, 3.8) is 0 Å². The quantitative estimate of drug-likeness (QED) is 0.812. The van der Waals surface area contributed by atoms with Crippen LogP contribution in [-0.4, -0.2) is 48.7 Å². The average Bonchev–Trinajstić information content (AvgIpc) is 3.33. The fourth-order valence-corrected chi connectivity index (χ4v) is 3.66. The van der Waals surface area contributed by atoms with Crippen molar-refractivity contribution in [3.05, 3.63) is 52.7 Å². The Morgan fingerprint density at radius 2 is 2.14 bits per heavy atom. The summed E-state index contributed by atoms with van der Waals surface area (Å²) in [6.07, 6.45) is 2.40. The minimum Gasteiger partial charge on any atom is -0.471 e. The second-order valence-corrected chi connectivity index (χ2v) is 7.74. The molecule has 2 unspecified atom stereocenters. The molecule has 2 saturated heterocycles. The van der Waals surface area contributed by atoms with Gasteiger partial charge in [0.2, 0.25) is 11.8 Å². The first-order chi connectivity index (χ1) is 14.0. The second kappa shape index (κ2) is 8.39. The second-order valence-electron chi connectivity index (χ2n) is 7.33. The third kappa shape index (κ3) is 4.52. The number of aryl methyl sites for hydroxylation is 1. The smallest absolute Gasteiger partial charge is 0.253 e. The number of benzene rings is 1. The Labute approximate surface area is 174 Å². The van der Waals surface area contributed by atoms with Crippen molar-refractivity contribution in [2.75, 3.05) is 24.7 Å². The van der Waals surface area contributed by atoms with Crippen molar-refractivity contribution in [2.24, 2.45) is 0 Å². The summed E-state index contributed by atoms with van der Waals surface area (Å²) in [7, 11) is 0. The number of halogens is 1. The molecule has 1 aromatic carbocycles. The monoisotopic (exact) mass is 415 g/mol. The summed E-state index contributed by atoms with van der Waals surface area (Å²) in [6, 6.07) is 9.00. The van der Waals surface area contributed by atoms with Gasteiger partial charge in [-0.15, -0.1) is 0 Å². The lowest BCUT2D eigenvalue weighted by Gasteiger charge is -2.17. The van der Waals surface area contributed by atoms with Gasteiger partial charge in [0.25, 0.3) is 5.91 Å². The Morgan fingerprint density at radius 3 is 2.83 bits per heavy atom. The molecule has 2 aliphatic heterocycles. The van der Waals surface area contributed by atoms with Gasteiger partial charge in [0.15, 0.2) is 0 Å². The summed E-state index contributed by atoms with van der Waals surface area (Å²) in [5.74, 6) is -0.0446. The van der Waals surface area contributed by atoms with E-state index in [9.17, 15) is 9.59 Å². The average molecular weight is 416 g/mol. The zero-order chi connectivity index (χ0) is 20.4. The van der Waals surface area contributed by atoms with E-state index in [0.29, 0.717) is 31.2 Å². The molecule has 152 valence electrons. The molecule has 8 heteroatoms. The van der Waals surface area contributed by atoms with Gasteiger partial charge < -0.3 is 19.7 Å². The standard InChI is InChI=1S/C21H22ClN3O4/c1-13-2-4-16(5-3-13)25-11-15(9-19(25)26)24-20(27)14-8-18(22)21(23-10-14)29-17-6-7-28-12-17/h2-5,8,10,15,17H,6-7,9,11-12H2,1H3,(H,24,27). The molecule has 1 N–H and O–H groups in total. The highest BCUT2D eigenvalue weighted by Crippen LogP contribution is 2.26. The molecule has 3 heterocycles. The van der Waals surface area contributed by atoms with Crippen LogP contribution in [0.4, 0.5) is 5.69 Å². The Balaban J connectivity index is 1.38. The molecule has 0 bridgehead atoms. The molecule has 2 aliphatic rings. The van der Waals surface area contributed by atoms with Gasteiger partial charge in [-0.25, -0.2) is 4.98 Å². The number of amides is 2. The maximum atomic E-state index is 12.6. The number of nitrogens with one attached hydrogen (secondary N) is 1. The molecule has 4 rings (SSSR count). The van der Waals surface area contributed by atoms with Gasteiger partial charge in [-0.2, -0.15) is 0 Å². The van der Waals surface area contributed by atoms with Gasteiger partial charge in [-0.3, -0.25) is 9.59 Å². The van der Waals surface area contributed by atoms with Crippen LogP contribution in [0.25, 0.3) is 0 Å². The number of hydrogen-bond acceptors (Lipinski definition) is 5. The Bertz CT molecular complexity index is 913. The molecule has 0 saturated carbocycles. The van der Waals surface area contributed by atoms with Crippen LogP contribution in [0.2, 0.25) is 5.02 Å². The Hall–Kier alpha value is -2.64. The van der Waals surface area contributed by atoms with E-state index in [1.54, 1.807) is 4.90 Å². The molecule has 2 amide bonds. The molecule has 2 atom stereocenters. The van der Waals surface area contributed by atoms with Crippen LogP contribution < -0.4 is 15.0 Å². The van der Waals surface area contributed by atoms with Crippen molar-refractivity contribution >= 4 is 29.1 Å². The minimum absolute atomic E-state index is 0.0159. The highest BCUT2D eigenvalue weighted by Gasteiger charge is 2.32. The predicted molar refractivity (Wildman–Crippen MR) is 109 cm³/mol. The van der Waals surface area contributed by atoms with Crippen LogP contribution in [0.1, 0.15) is 28.8 Å². The summed E-state index contributed by atoms with van der Waals surface area (Å²) in [6.45, 7) is 3.59. The number of nitrogens with zero attached hydrogens (tertiary/aromatic N) is 2. The van der Waals surface area contributed by atoms with Crippen LogP contribution in [-0.2, 0) is 9.53 Å². The molecule has 1 aromatic heterocycles. The first-order valence-corrected chi connectivity index (χ1v) is 9.95. The van der Waals surface area contributed by atoms with Crippen molar-refractivity contribution < 1.29 is 19.1 Å². The topological polar surface area (TPSA) is 80.8 Å². The van der Waals surface area contributed by atoms with E-state index in [2.05, 4.69) is 10.3 Å². The summed E-state index contributed by atoms with van der Waals surface area (Å²) < 4.78 is 11.0. The largest absolute Gasteiger partial charge is 0.471 e. The van der Waals surface area contributed by atoms with E-state index in [1.807, 2.05) is 31.2 Å². The summed E-state index contributed by atoms with van der Waals surface area (Å²) in [5.41, 5.74) is 2.29. The van der Waals surface area contributed by atoms with Gasteiger partial charge in [0.1, 0.15) is 11.1 Å². The van der Waals surface area contributed by atoms with E-state index < -0.39 is 0 Å². The lowest BCUT2D eigenvalue weighted by molar-refractivity contribution is -0.117. The number of anilines is 1. The van der Waals surface area contributed by atoms with E-state index in [0.717, 1.165) is 17.7 Å². The van der Waals surface area contributed by atoms with Crippen molar-refractivity contribution in [2.45, 2.75) is 31.9 Å². The van der Waals surface area contributed by atoms with Crippen LogP contribution in [0.15, 0.2) is 36.5 Å². The number of carbonyl (C=O) groups excluding carboxylic acids is 2. The van der Waals surface area contributed by atoms with Crippen LogP contribution in [0, 0.1) is 6.92 Å². The van der Waals surface area contributed by atoms with Gasteiger partial charge >= 0.3 is 0 Å². The Kier molecular flexibility index (Phi) is 5.69. The predicted octanol–water partition coefficient (Wildman–Crippen LogP) is 2.75. The zero-order valence-electron chi connectivity index (χ0n) is 16.1. The number of aromatic nitrogens is 1. The van der Waals surface area contributed by atoms with Crippen LogP contribution in [0.3, 0.4) is 0 Å². The zero-order valence-corrected chi connectivity index (χ0v) is 16.8. The van der Waals surface area contributed by atoms with Gasteiger partial charge in [-0.05, 0) is 25.1 Å². The molecule has 29 heavy (non-hydrogen) atoms. The number of carbonyl (C=O) groups is 2. The lowest BCUT2D eigenvalue weighted by Crippen LogP contribution is -2.37. The molecule has 0 aliphatic carbocycles. The molecule has 0 radical (unpaired) electrons. The van der Waals surface area contributed by atoms with Crippen molar-refractivity contribution in [1.82, 2.24) is 10.3 Å². The third-order valence-electron chi connectivity index (χ3n) is 5.04. The first kappa shape index (κ1) is 19.7. The van der Waals surface area contributed by atoms with Crippen molar-refractivity contribution in [1.29, 1.82) is 0 Å². The van der Waals surface area contributed by atoms with Crippen molar-refractivity contribution in [3.8, 4) is 5.88 Å². The summed E-state index contributed by atoms with van der Waals surface area (Å²) in [5, 5.41) is 3.17. The van der Waals surface area contributed by atoms with E-state index in [1.165, 1.54) is 12.3 Å². The summed E-state index contributed by atoms with van der Waals surface area (Å²) in [4.78, 5) is 30.8. The van der Waals surface area contributed by atoms with Gasteiger partial charge in [0.05, 0.1) is 24.8 Å². The third-order valence-corrected chi connectivity index (χ3v) is 5.31. The fourth-order valence-electron chi connectivity index (χ4n) is 3.45. The van der Waals surface area contributed by atoms with E-state index >= 15 is 0 Å². The molecule has 2 aromatic rings. The molecular formula is C21H22ClN3O4. The van der Waals surface area contributed by atoms with Gasteiger partial charge in [-0.1, -0.05) is 29.3 Å². The maximum Gasteiger partial charge on any atom is 0.253 e. The summed E-state index contributed by atoms with van der Waals surface area (Å²) >= 11 is 6.24.